The maximum atomic E-state index is 13.1. The van der Waals surface area contributed by atoms with Crippen molar-refractivity contribution in [1.82, 2.24) is 10.7 Å². The van der Waals surface area contributed by atoms with Gasteiger partial charge in [-0.3, -0.25) is 9.59 Å². The molecule has 0 atom stereocenters. The molecular formula is C33H41N5O2. The first-order valence-electron chi connectivity index (χ1n) is 14.1. The molecule has 0 aliphatic heterocycles. The second kappa shape index (κ2) is 15.9. The Kier molecular flexibility index (Phi) is 12.0. The molecule has 0 radical (unpaired) electrons. The van der Waals surface area contributed by atoms with Crippen LogP contribution < -0.4 is 20.5 Å². The summed E-state index contributed by atoms with van der Waals surface area (Å²) in [5, 5.41) is 6.91. The van der Waals surface area contributed by atoms with Crippen molar-refractivity contribution in [2.24, 2.45) is 5.10 Å². The lowest BCUT2D eigenvalue weighted by Gasteiger charge is -2.23. The van der Waals surface area contributed by atoms with Crippen LogP contribution in [0.15, 0.2) is 89.7 Å². The second-order valence-corrected chi connectivity index (χ2v) is 9.42. The molecule has 0 heterocycles. The third-order valence-electron chi connectivity index (χ3n) is 6.49. The maximum absolute atomic E-state index is 13.1. The van der Waals surface area contributed by atoms with Crippen LogP contribution in [0.2, 0.25) is 0 Å². The summed E-state index contributed by atoms with van der Waals surface area (Å²) in [6.07, 6.45) is 5.43. The van der Waals surface area contributed by atoms with E-state index in [2.05, 4.69) is 65.5 Å². The molecule has 210 valence electrons. The number of nitrogens with zero attached hydrogens (tertiary/aromatic N) is 3. The van der Waals surface area contributed by atoms with Gasteiger partial charge in [-0.05, 0) is 80.3 Å². The zero-order valence-corrected chi connectivity index (χ0v) is 24.1. The Labute approximate surface area is 238 Å². The summed E-state index contributed by atoms with van der Waals surface area (Å²) in [6, 6.07) is 24.8. The highest BCUT2D eigenvalue weighted by atomic mass is 16.2. The average molecular weight is 540 g/mol. The van der Waals surface area contributed by atoms with Crippen LogP contribution in [0.1, 0.15) is 62.0 Å². The van der Waals surface area contributed by atoms with Crippen LogP contribution in [0.5, 0.6) is 0 Å². The number of hydrogen-bond donors (Lipinski definition) is 2. The predicted octanol–water partition coefficient (Wildman–Crippen LogP) is 6.08. The Morgan fingerprint density at radius 1 is 0.725 bits per heavy atom. The number of nitrogens with one attached hydrogen (secondary N) is 2. The van der Waals surface area contributed by atoms with Crippen molar-refractivity contribution in [2.45, 2.75) is 40.5 Å². The van der Waals surface area contributed by atoms with Crippen molar-refractivity contribution in [1.29, 1.82) is 0 Å². The fourth-order valence-electron chi connectivity index (χ4n) is 4.39. The molecule has 0 aromatic heterocycles. The molecular weight excluding hydrogens is 498 g/mol. The first-order chi connectivity index (χ1) is 19.5. The number of rotatable bonds is 14. The molecule has 0 saturated heterocycles. The molecule has 2 amide bonds. The van der Waals surface area contributed by atoms with Gasteiger partial charge in [0.2, 0.25) is 0 Å². The second-order valence-electron chi connectivity index (χ2n) is 9.42. The Hall–Kier alpha value is -4.39. The van der Waals surface area contributed by atoms with Crippen molar-refractivity contribution in [3.63, 3.8) is 0 Å². The molecule has 0 fully saturated rings. The molecule has 3 rings (SSSR count). The molecule has 2 N–H and O–H groups in total. The van der Waals surface area contributed by atoms with Gasteiger partial charge in [0, 0.05) is 43.1 Å². The molecule has 3 aromatic carbocycles. The molecule has 0 saturated carbocycles. The summed E-state index contributed by atoms with van der Waals surface area (Å²) in [5.74, 6) is -0.882. The van der Waals surface area contributed by atoms with Gasteiger partial charge in [-0.25, -0.2) is 5.43 Å². The smallest absolute Gasteiger partial charge is 0.287 e. The van der Waals surface area contributed by atoms with Crippen LogP contribution in [0, 0.1) is 0 Å². The molecule has 7 nitrogen and oxygen atoms in total. The Morgan fingerprint density at radius 3 is 1.82 bits per heavy atom. The van der Waals surface area contributed by atoms with E-state index in [9.17, 15) is 9.59 Å². The highest BCUT2D eigenvalue weighted by Crippen LogP contribution is 2.17. The summed E-state index contributed by atoms with van der Waals surface area (Å²) < 4.78 is 0. The minimum Gasteiger partial charge on any atom is -0.372 e. The van der Waals surface area contributed by atoms with Crippen LogP contribution in [-0.2, 0) is 4.79 Å². The number of carbonyl (C=O) groups is 2. The van der Waals surface area contributed by atoms with Crippen molar-refractivity contribution in [3.8, 4) is 0 Å². The number of benzene rings is 3. The summed E-state index contributed by atoms with van der Waals surface area (Å²) in [7, 11) is 0. The highest BCUT2D eigenvalue weighted by Gasteiger charge is 2.14. The van der Waals surface area contributed by atoms with Crippen molar-refractivity contribution < 1.29 is 9.59 Å². The van der Waals surface area contributed by atoms with Crippen LogP contribution >= 0.6 is 0 Å². The lowest BCUT2D eigenvalue weighted by Crippen LogP contribution is -2.32. The molecule has 40 heavy (non-hydrogen) atoms. The van der Waals surface area contributed by atoms with E-state index in [0.29, 0.717) is 5.56 Å². The monoisotopic (exact) mass is 539 g/mol. The van der Waals surface area contributed by atoms with Crippen molar-refractivity contribution >= 4 is 35.5 Å². The van der Waals surface area contributed by atoms with E-state index in [4.69, 9.17) is 0 Å². The van der Waals surface area contributed by atoms with Gasteiger partial charge in [-0.15, -0.1) is 0 Å². The fourth-order valence-corrected chi connectivity index (χ4v) is 4.39. The van der Waals surface area contributed by atoms with E-state index < -0.39 is 5.91 Å². The maximum Gasteiger partial charge on any atom is 0.287 e. The van der Waals surface area contributed by atoms with E-state index in [1.165, 1.54) is 5.69 Å². The van der Waals surface area contributed by atoms with Crippen LogP contribution in [0.4, 0.5) is 11.4 Å². The Balaban J connectivity index is 1.76. The quantitative estimate of drug-likeness (QED) is 0.148. The van der Waals surface area contributed by atoms with Crippen LogP contribution in [0.3, 0.4) is 0 Å². The van der Waals surface area contributed by atoms with Crippen LogP contribution in [-0.4, -0.2) is 44.2 Å². The predicted molar refractivity (Wildman–Crippen MR) is 167 cm³/mol. The largest absolute Gasteiger partial charge is 0.372 e. The highest BCUT2D eigenvalue weighted by molar-refractivity contribution is 6.05. The Bertz CT molecular complexity index is 1260. The lowest BCUT2D eigenvalue weighted by atomic mass is 10.1. The summed E-state index contributed by atoms with van der Waals surface area (Å²) >= 11 is 0. The average Bonchev–Trinajstić information content (AvgIpc) is 2.99. The van der Waals surface area contributed by atoms with Gasteiger partial charge < -0.3 is 15.1 Å². The van der Waals surface area contributed by atoms with Gasteiger partial charge in [0.25, 0.3) is 11.8 Å². The number of hydrazone groups is 1. The molecule has 0 bridgehead atoms. The summed E-state index contributed by atoms with van der Waals surface area (Å²) in [5.41, 5.74) is 7.05. The number of carbonyl (C=O) groups excluding carboxylic acids is 2. The van der Waals surface area contributed by atoms with E-state index in [0.717, 1.165) is 55.8 Å². The van der Waals surface area contributed by atoms with Crippen molar-refractivity contribution in [2.75, 3.05) is 36.0 Å². The fraction of sp³-hybridized carbons (Fsp3) is 0.303. The number of anilines is 2. The zero-order chi connectivity index (χ0) is 28.7. The van der Waals surface area contributed by atoms with E-state index in [1.807, 2.05) is 42.5 Å². The van der Waals surface area contributed by atoms with E-state index >= 15 is 0 Å². The molecule has 0 spiro atoms. The summed E-state index contributed by atoms with van der Waals surface area (Å²) in [4.78, 5) is 30.6. The third kappa shape index (κ3) is 8.83. The van der Waals surface area contributed by atoms with Gasteiger partial charge in [0.15, 0.2) is 0 Å². The topological polar surface area (TPSA) is 77.0 Å². The molecule has 3 aromatic rings. The van der Waals surface area contributed by atoms with E-state index in [1.54, 1.807) is 36.6 Å². The van der Waals surface area contributed by atoms with Gasteiger partial charge in [0.1, 0.15) is 5.70 Å². The minimum atomic E-state index is -0.512. The van der Waals surface area contributed by atoms with Gasteiger partial charge in [-0.2, -0.15) is 5.10 Å². The third-order valence-corrected chi connectivity index (χ3v) is 6.49. The lowest BCUT2D eigenvalue weighted by molar-refractivity contribution is -0.117. The first-order valence-corrected chi connectivity index (χ1v) is 14.1. The normalized spacial score (nSPS) is 11.3. The summed E-state index contributed by atoms with van der Waals surface area (Å²) in [6.45, 7) is 12.4. The number of hydrogen-bond acceptors (Lipinski definition) is 5. The molecule has 0 aliphatic carbocycles. The minimum absolute atomic E-state index is 0.103. The van der Waals surface area contributed by atoms with Crippen molar-refractivity contribution in [3.05, 3.63) is 101 Å². The molecule has 7 heteroatoms. The van der Waals surface area contributed by atoms with Crippen LogP contribution in [0.25, 0.3) is 6.08 Å². The van der Waals surface area contributed by atoms with Gasteiger partial charge in [0.05, 0.1) is 6.21 Å². The Morgan fingerprint density at radius 2 is 1.27 bits per heavy atom. The van der Waals surface area contributed by atoms with Gasteiger partial charge in [-0.1, -0.05) is 56.3 Å². The standard InChI is InChI=1S/C33H41N5O2/c1-5-22-38(23-6-2)30-20-16-27(17-21-30)25-34-36-33(40)31(35-32(39)28-12-10-9-11-13-28)24-26-14-18-29(19-15-26)37(7-3)8-4/h9-21,24-25H,5-8,22-23H2,1-4H3,(H,35,39)(H,36,40)/b31-24+,34-25+. The van der Waals surface area contributed by atoms with Gasteiger partial charge >= 0.3 is 0 Å². The zero-order valence-electron chi connectivity index (χ0n) is 24.1. The number of amides is 2. The first kappa shape index (κ1) is 30.2. The molecule has 0 unspecified atom stereocenters. The van der Waals surface area contributed by atoms with E-state index in [-0.39, 0.29) is 11.6 Å². The SMILES string of the molecule is CCCN(CCC)c1ccc(/C=N/NC(=O)/C(=C\c2ccc(N(CC)CC)cc2)NC(=O)c2ccccc2)cc1. The molecule has 0 aliphatic rings.